The van der Waals surface area contributed by atoms with Crippen molar-refractivity contribution in [2.24, 2.45) is 5.73 Å². The molecule has 8 rings (SSSR count). The molecule has 4 aromatic carbocycles. The smallest absolute Gasteiger partial charge is 0.337 e. The van der Waals surface area contributed by atoms with Crippen molar-refractivity contribution in [1.82, 2.24) is 15.3 Å². The number of aliphatic hydroxyl groups excluding tert-OH is 2. The summed E-state index contributed by atoms with van der Waals surface area (Å²) >= 11 is 2.80. The summed E-state index contributed by atoms with van der Waals surface area (Å²) in [7, 11) is 9.49. The number of carbonyl (C=O) groups excluding carboxylic acids is 1. The Morgan fingerprint density at radius 1 is 0.658 bits per heavy atom. The van der Waals surface area contributed by atoms with Crippen molar-refractivity contribution >= 4 is 35.4 Å². The number of hydrogen-bond donors (Lipinski definition) is 5. The Balaban J connectivity index is 0.000000231. The zero-order valence-corrected chi connectivity index (χ0v) is 45.3. The van der Waals surface area contributed by atoms with Crippen molar-refractivity contribution in [2.75, 3.05) is 55.2 Å². The lowest BCUT2D eigenvalue weighted by Crippen LogP contribution is -2.29. The number of benzene rings is 2. The maximum atomic E-state index is 13.2. The molecule has 0 bridgehead atoms. The first kappa shape index (κ1) is 59.2. The average Bonchev–Trinajstić information content (AvgIpc) is 3.84. The van der Waals surface area contributed by atoms with Crippen LogP contribution in [0.1, 0.15) is 86.2 Å². The maximum absolute atomic E-state index is 13.2. The van der Waals surface area contributed by atoms with Crippen molar-refractivity contribution in [2.45, 2.75) is 67.7 Å². The van der Waals surface area contributed by atoms with E-state index < -0.39 is 12.0 Å². The molecule has 6 N–H and O–H groups in total. The standard InChI is InChI=1S/C27H28N2O6S.C20H23NO4S.C7H7NO3.C2H3N/c1-33-22-11-15-6-9-20(29-27(32)16-5-7-17(14-30)28-13-16)19-12-21(31)23(36-4)10-8-18(19)24(15)26(35-3)25(22)34-2;1-23-16-9-11-5-7-14(21)13-10-15(22)17(26-4)8-6-12(13)18(11)20(25-3)19(16)24-2;9-4-6-2-1-5(3-8-6)7(10)11;1-2-3/h5,7-8,10-13,20,30H,6,9,14H2,1-4H3,(H,29,32);6,8-10,14H,5,7,21H2,1-4H3;1-3,9H,4H2,(H,10,11);1H3/t20-;14-;;/m00../s1. The Kier molecular flexibility index (Phi) is 22.0. The van der Waals surface area contributed by atoms with Gasteiger partial charge in [0.15, 0.2) is 33.9 Å². The number of aryl methyl sites for hydroxylation is 2. The summed E-state index contributed by atoms with van der Waals surface area (Å²) in [5, 5.41) is 36.7. The molecule has 6 aromatic rings. The molecule has 1 amide bonds. The largest absolute Gasteiger partial charge is 0.493 e. The highest BCUT2D eigenvalue weighted by Crippen LogP contribution is 2.51. The quantitative estimate of drug-likeness (QED) is 0.0686. The summed E-state index contributed by atoms with van der Waals surface area (Å²) in [5.74, 6) is 1.93. The van der Waals surface area contributed by atoms with Crippen LogP contribution in [0.15, 0.2) is 105 Å². The van der Waals surface area contributed by atoms with Gasteiger partial charge in [-0.15, -0.1) is 23.5 Å². The van der Waals surface area contributed by atoms with Crippen molar-refractivity contribution in [3.05, 3.63) is 150 Å². The molecule has 400 valence electrons. The van der Waals surface area contributed by atoms with Gasteiger partial charge in [0.05, 0.1) is 100 Å². The van der Waals surface area contributed by atoms with Crippen LogP contribution >= 0.6 is 23.5 Å². The second-order valence-electron chi connectivity index (χ2n) is 16.5. The minimum absolute atomic E-state index is 0.0166. The molecule has 2 aliphatic carbocycles. The number of carboxylic acids is 1. The van der Waals surface area contributed by atoms with Gasteiger partial charge >= 0.3 is 5.97 Å². The van der Waals surface area contributed by atoms with Crippen LogP contribution in [0.2, 0.25) is 0 Å². The number of aromatic nitrogens is 2. The predicted octanol–water partition coefficient (Wildman–Crippen LogP) is 7.98. The highest BCUT2D eigenvalue weighted by atomic mass is 32.2. The highest BCUT2D eigenvalue weighted by molar-refractivity contribution is 7.98. The number of aliphatic hydroxyl groups is 2. The van der Waals surface area contributed by atoms with Crippen LogP contribution in [0.4, 0.5) is 0 Å². The predicted molar refractivity (Wildman–Crippen MR) is 292 cm³/mol. The van der Waals surface area contributed by atoms with E-state index in [1.54, 1.807) is 79.1 Å². The lowest BCUT2D eigenvalue weighted by molar-refractivity contribution is 0.0695. The maximum Gasteiger partial charge on any atom is 0.337 e. The third-order valence-electron chi connectivity index (χ3n) is 12.3. The molecule has 76 heavy (non-hydrogen) atoms. The fraction of sp³-hybridized carbons (Fsp3) is 0.304. The summed E-state index contributed by atoms with van der Waals surface area (Å²) in [6.45, 7) is 1.06. The van der Waals surface area contributed by atoms with E-state index >= 15 is 0 Å². The number of thioether (sulfide) groups is 2. The van der Waals surface area contributed by atoms with Crippen LogP contribution in [0.3, 0.4) is 0 Å². The number of carboxylic acid groups (broad SMARTS) is 1. The van der Waals surface area contributed by atoms with Crippen LogP contribution in [0, 0.1) is 11.3 Å². The molecule has 20 heteroatoms. The molecule has 2 heterocycles. The summed E-state index contributed by atoms with van der Waals surface area (Å²) in [5.41, 5.74) is 14.7. The van der Waals surface area contributed by atoms with Crippen molar-refractivity contribution in [3.63, 3.8) is 0 Å². The summed E-state index contributed by atoms with van der Waals surface area (Å²) in [6, 6.07) is 21.8. The molecule has 0 saturated heterocycles. The number of nitrogens with one attached hydrogen (secondary N) is 1. The number of methoxy groups -OCH3 is 6. The molecule has 0 aliphatic heterocycles. The summed E-state index contributed by atoms with van der Waals surface area (Å²) in [4.78, 5) is 58.1. The Labute approximate surface area is 449 Å². The van der Waals surface area contributed by atoms with E-state index in [2.05, 4.69) is 15.3 Å². The van der Waals surface area contributed by atoms with Crippen molar-refractivity contribution < 1.29 is 53.3 Å². The molecule has 0 saturated carbocycles. The molecular formula is C56H61N5O13S2. The fourth-order valence-corrected chi connectivity index (χ4v) is 9.58. The number of fused-ring (bicyclic) bond motifs is 6. The van der Waals surface area contributed by atoms with E-state index in [4.69, 9.17) is 49.6 Å². The van der Waals surface area contributed by atoms with Crippen LogP contribution in [-0.2, 0) is 26.1 Å². The molecule has 2 aromatic heterocycles. The van der Waals surface area contributed by atoms with E-state index in [9.17, 15) is 24.3 Å². The number of amides is 1. The van der Waals surface area contributed by atoms with Gasteiger partial charge in [-0.05, 0) is 132 Å². The number of hydrogen-bond acceptors (Lipinski definition) is 18. The van der Waals surface area contributed by atoms with Gasteiger partial charge in [0.2, 0.25) is 11.5 Å². The third kappa shape index (κ3) is 13.6. The second-order valence-corrected chi connectivity index (χ2v) is 18.2. The molecule has 2 atom stereocenters. The van der Waals surface area contributed by atoms with Gasteiger partial charge < -0.3 is 54.8 Å². The van der Waals surface area contributed by atoms with Gasteiger partial charge in [0.1, 0.15) is 0 Å². The zero-order valence-electron chi connectivity index (χ0n) is 43.6. The Morgan fingerprint density at radius 2 is 1.09 bits per heavy atom. The summed E-state index contributed by atoms with van der Waals surface area (Å²) in [6.07, 6.45) is 9.03. The molecular weight excluding hydrogens is 1010 g/mol. The van der Waals surface area contributed by atoms with Gasteiger partial charge in [-0.3, -0.25) is 24.4 Å². The third-order valence-corrected chi connectivity index (χ3v) is 13.8. The lowest BCUT2D eigenvalue weighted by atomic mass is 9.95. The van der Waals surface area contributed by atoms with E-state index in [0.29, 0.717) is 79.6 Å². The van der Waals surface area contributed by atoms with Crippen molar-refractivity contribution in [1.29, 1.82) is 5.26 Å². The van der Waals surface area contributed by atoms with Crippen LogP contribution < -0.4 is 50.3 Å². The van der Waals surface area contributed by atoms with E-state index in [0.717, 1.165) is 51.8 Å². The van der Waals surface area contributed by atoms with Gasteiger partial charge in [0, 0.05) is 36.5 Å². The Hall–Kier alpha value is -7.67. The first-order chi connectivity index (χ1) is 36.6. The number of nitriles is 1. The number of aromatic carboxylic acids is 1. The number of ether oxygens (including phenoxy) is 6. The molecule has 0 radical (unpaired) electrons. The number of rotatable bonds is 13. The fourth-order valence-electron chi connectivity index (χ4n) is 8.65. The minimum atomic E-state index is -1.01. The van der Waals surface area contributed by atoms with Gasteiger partial charge in [-0.1, -0.05) is 12.1 Å². The average molecular weight is 1080 g/mol. The molecule has 0 unspecified atom stereocenters. The first-order valence-corrected chi connectivity index (χ1v) is 25.9. The normalized spacial score (nSPS) is 13.5. The van der Waals surface area contributed by atoms with E-state index in [1.165, 1.54) is 55.0 Å². The molecule has 2 aliphatic rings. The Bertz CT molecular complexity index is 3190. The van der Waals surface area contributed by atoms with Gasteiger partial charge in [0.25, 0.3) is 5.91 Å². The van der Waals surface area contributed by atoms with Crippen LogP contribution in [0.5, 0.6) is 34.5 Å². The molecule has 0 fully saturated rings. The molecule has 18 nitrogen and oxygen atoms in total. The first-order valence-electron chi connectivity index (χ1n) is 23.5. The van der Waals surface area contributed by atoms with Crippen molar-refractivity contribution in [3.8, 4) is 62.8 Å². The van der Waals surface area contributed by atoms with Gasteiger partial charge in [-0.2, -0.15) is 5.26 Å². The van der Waals surface area contributed by atoms with E-state index in [-0.39, 0.29) is 41.6 Å². The van der Waals surface area contributed by atoms with E-state index in [1.807, 2.05) is 42.8 Å². The Morgan fingerprint density at radius 3 is 1.49 bits per heavy atom. The van der Waals surface area contributed by atoms with Crippen LogP contribution in [0.25, 0.3) is 22.3 Å². The monoisotopic (exact) mass is 1080 g/mol. The number of nitrogens with two attached hydrogens (primary N) is 1. The second kappa shape index (κ2) is 28.3. The molecule has 0 spiro atoms. The van der Waals surface area contributed by atoms with Gasteiger partial charge in [-0.25, -0.2) is 4.79 Å². The zero-order chi connectivity index (χ0) is 55.6. The number of pyridine rings is 2. The highest BCUT2D eigenvalue weighted by Gasteiger charge is 2.31. The summed E-state index contributed by atoms with van der Waals surface area (Å²) < 4.78 is 33.8. The lowest BCUT2D eigenvalue weighted by Gasteiger charge is -2.20. The SMILES string of the molecule is CC#N.COc1cc2c(c(OC)c1OC)-c1ccc(SC)c(=O)cc1[C@@H](N)CC2.COc1cc2c(c(OC)c1OC)-c1ccc(SC)c(=O)cc1[C@@H](NC(=O)c1ccc(CO)nc1)CC2.O=C(O)c1ccc(CO)nc1. The minimum Gasteiger partial charge on any atom is -0.493 e. The number of nitrogens with zero attached hydrogens (tertiary/aromatic N) is 3. The topological polar surface area (TPSA) is 272 Å². The van der Waals surface area contributed by atoms with Crippen LogP contribution in [-0.4, -0.2) is 92.3 Å². The number of carbonyl (C=O) groups is 2.